The maximum absolute atomic E-state index is 10.6. The summed E-state index contributed by atoms with van der Waals surface area (Å²) in [7, 11) is 0. The summed E-state index contributed by atoms with van der Waals surface area (Å²) in [5, 5.41) is 8.67. The second-order valence-corrected chi connectivity index (χ2v) is 6.64. The number of hydrogen-bond acceptors (Lipinski definition) is 1. The number of benzene rings is 2. The summed E-state index contributed by atoms with van der Waals surface area (Å²) in [6.07, 6.45) is 3.44. The molecule has 25 heavy (non-hydrogen) atoms. The fourth-order valence-electron chi connectivity index (χ4n) is 2.51. The third kappa shape index (κ3) is 6.74. The predicted molar refractivity (Wildman–Crippen MR) is 107 cm³/mol. The van der Waals surface area contributed by atoms with Crippen LogP contribution in [0.25, 0.3) is 0 Å². The second kappa shape index (κ2) is 10.7. The molecular formula is C23H32O2. The van der Waals surface area contributed by atoms with Crippen molar-refractivity contribution >= 4 is 5.97 Å². The summed E-state index contributed by atoms with van der Waals surface area (Å²) in [6, 6.07) is 16.1. The zero-order valence-electron chi connectivity index (χ0n) is 16.3. The van der Waals surface area contributed by atoms with Crippen molar-refractivity contribution in [3.63, 3.8) is 0 Å². The van der Waals surface area contributed by atoms with Gasteiger partial charge in [-0.15, -0.1) is 0 Å². The zero-order valence-corrected chi connectivity index (χ0v) is 16.3. The first-order chi connectivity index (χ1) is 11.9. The molecule has 0 saturated heterocycles. The van der Waals surface area contributed by atoms with Crippen LogP contribution in [0.1, 0.15) is 86.3 Å². The molecule has 2 aromatic rings. The van der Waals surface area contributed by atoms with E-state index >= 15 is 0 Å². The molecule has 1 N–H and O–H groups in total. The standard InChI is InChI=1S/C12H18.C11H14O2/c1-4-10(3)12-8-6-11(5-2)7-9-12;1-3-8(2)9-4-6-10(7-5-9)11(12)13/h6-10H,4-5H2,1-3H3;4-8H,3H2,1-2H3,(H,12,13). The monoisotopic (exact) mass is 340 g/mol. The van der Waals surface area contributed by atoms with E-state index in [0.29, 0.717) is 17.4 Å². The topological polar surface area (TPSA) is 37.3 Å². The summed E-state index contributed by atoms with van der Waals surface area (Å²) < 4.78 is 0. The van der Waals surface area contributed by atoms with Gasteiger partial charge in [0.2, 0.25) is 0 Å². The Labute approximate surface area is 152 Å². The fraction of sp³-hybridized carbons (Fsp3) is 0.435. The summed E-state index contributed by atoms with van der Waals surface area (Å²) >= 11 is 0. The number of aromatic carboxylic acids is 1. The molecule has 2 heteroatoms. The van der Waals surface area contributed by atoms with Gasteiger partial charge in [-0.25, -0.2) is 4.79 Å². The summed E-state index contributed by atoms with van der Waals surface area (Å²) in [6.45, 7) is 11.0. The third-order valence-corrected chi connectivity index (χ3v) is 4.91. The first-order valence-corrected chi connectivity index (χ1v) is 9.34. The SMILES string of the molecule is CCC(C)c1ccc(C(=O)O)cc1.CCc1ccc(C(C)CC)cc1. The predicted octanol–water partition coefficient (Wildman–Crippen LogP) is 6.66. The van der Waals surface area contributed by atoms with Crippen LogP contribution in [0.3, 0.4) is 0 Å². The molecule has 136 valence electrons. The minimum absolute atomic E-state index is 0.354. The van der Waals surface area contributed by atoms with Crippen LogP contribution in [-0.4, -0.2) is 11.1 Å². The van der Waals surface area contributed by atoms with Crippen molar-refractivity contribution in [2.45, 2.75) is 65.7 Å². The van der Waals surface area contributed by atoms with Crippen molar-refractivity contribution in [3.05, 3.63) is 70.8 Å². The smallest absolute Gasteiger partial charge is 0.335 e. The van der Waals surface area contributed by atoms with Gasteiger partial charge in [-0.3, -0.25) is 0 Å². The van der Waals surface area contributed by atoms with Crippen molar-refractivity contribution in [3.8, 4) is 0 Å². The molecule has 0 aliphatic carbocycles. The molecule has 0 heterocycles. The summed E-state index contributed by atoms with van der Waals surface area (Å²) in [5.74, 6) is 0.342. The maximum Gasteiger partial charge on any atom is 0.335 e. The minimum atomic E-state index is -0.865. The van der Waals surface area contributed by atoms with E-state index in [9.17, 15) is 4.79 Å². The molecule has 0 saturated carbocycles. The highest BCUT2D eigenvalue weighted by atomic mass is 16.4. The van der Waals surface area contributed by atoms with Gasteiger partial charge in [-0.2, -0.15) is 0 Å². The Balaban J connectivity index is 0.000000251. The van der Waals surface area contributed by atoms with E-state index in [0.717, 1.165) is 12.8 Å². The van der Waals surface area contributed by atoms with E-state index in [1.54, 1.807) is 12.1 Å². The van der Waals surface area contributed by atoms with E-state index in [1.165, 1.54) is 23.1 Å². The van der Waals surface area contributed by atoms with Crippen LogP contribution >= 0.6 is 0 Å². The summed E-state index contributed by atoms with van der Waals surface area (Å²) in [5.41, 5.74) is 4.45. The Hall–Kier alpha value is -2.09. The number of carboxylic acids is 1. The first-order valence-electron chi connectivity index (χ1n) is 9.34. The van der Waals surface area contributed by atoms with Crippen molar-refractivity contribution < 1.29 is 9.90 Å². The number of carboxylic acid groups (broad SMARTS) is 1. The Morgan fingerprint density at radius 2 is 1.20 bits per heavy atom. The van der Waals surface area contributed by atoms with Gasteiger partial charge >= 0.3 is 5.97 Å². The number of carbonyl (C=O) groups is 1. The third-order valence-electron chi connectivity index (χ3n) is 4.91. The van der Waals surface area contributed by atoms with Crippen LogP contribution in [0.2, 0.25) is 0 Å². The number of aryl methyl sites for hydroxylation is 1. The maximum atomic E-state index is 10.6. The molecule has 0 bridgehead atoms. The molecule has 0 spiro atoms. The molecule has 0 amide bonds. The van der Waals surface area contributed by atoms with Crippen molar-refractivity contribution in [2.24, 2.45) is 0 Å². The highest BCUT2D eigenvalue weighted by Gasteiger charge is 2.05. The van der Waals surface area contributed by atoms with E-state index in [2.05, 4.69) is 58.9 Å². The van der Waals surface area contributed by atoms with Crippen LogP contribution in [-0.2, 0) is 6.42 Å². The van der Waals surface area contributed by atoms with E-state index in [4.69, 9.17) is 5.11 Å². The average molecular weight is 341 g/mol. The number of rotatable bonds is 6. The van der Waals surface area contributed by atoms with Crippen LogP contribution in [0, 0.1) is 0 Å². The van der Waals surface area contributed by atoms with Gasteiger partial charge < -0.3 is 5.11 Å². The molecule has 2 atom stereocenters. The van der Waals surface area contributed by atoms with Crippen LogP contribution in [0.5, 0.6) is 0 Å². The molecule has 2 unspecified atom stereocenters. The van der Waals surface area contributed by atoms with Crippen LogP contribution in [0.15, 0.2) is 48.5 Å². The Morgan fingerprint density at radius 3 is 1.52 bits per heavy atom. The minimum Gasteiger partial charge on any atom is -0.478 e. The van der Waals surface area contributed by atoms with Crippen LogP contribution < -0.4 is 0 Å². The molecule has 2 rings (SSSR count). The van der Waals surface area contributed by atoms with Gasteiger partial charge in [0.25, 0.3) is 0 Å². The lowest BCUT2D eigenvalue weighted by molar-refractivity contribution is 0.0697. The van der Waals surface area contributed by atoms with Crippen molar-refractivity contribution in [1.82, 2.24) is 0 Å². The first kappa shape index (κ1) is 21.0. The highest BCUT2D eigenvalue weighted by molar-refractivity contribution is 5.87. The lowest BCUT2D eigenvalue weighted by Gasteiger charge is -2.08. The normalized spacial score (nSPS) is 12.7. The second-order valence-electron chi connectivity index (χ2n) is 6.64. The van der Waals surface area contributed by atoms with Gasteiger partial charge in [-0.1, -0.05) is 71.0 Å². The molecule has 0 radical (unpaired) electrons. The largest absolute Gasteiger partial charge is 0.478 e. The van der Waals surface area contributed by atoms with Crippen molar-refractivity contribution in [1.29, 1.82) is 0 Å². The average Bonchev–Trinajstić information content (AvgIpc) is 2.67. The molecule has 2 nitrogen and oxygen atoms in total. The Morgan fingerprint density at radius 1 is 0.800 bits per heavy atom. The van der Waals surface area contributed by atoms with E-state index < -0.39 is 5.97 Å². The summed E-state index contributed by atoms with van der Waals surface area (Å²) in [4.78, 5) is 10.6. The molecule has 0 aromatic heterocycles. The molecular weight excluding hydrogens is 308 g/mol. The van der Waals surface area contributed by atoms with Crippen LogP contribution in [0.4, 0.5) is 0 Å². The Bertz CT molecular complexity index is 626. The van der Waals surface area contributed by atoms with Gasteiger partial charge in [0.15, 0.2) is 0 Å². The van der Waals surface area contributed by atoms with E-state index in [1.807, 2.05) is 12.1 Å². The molecule has 0 fully saturated rings. The van der Waals surface area contributed by atoms with Gasteiger partial charge in [0.05, 0.1) is 5.56 Å². The van der Waals surface area contributed by atoms with Crippen molar-refractivity contribution in [2.75, 3.05) is 0 Å². The Kier molecular flexibility index (Phi) is 8.98. The quantitative estimate of drug-likeness (QED) is 0.638. The lowest BCUT2D eigenvalue weighted by atomic mass is 9.97. The molecule has 0 aliphatic heterocycles. The molecule has 2 aromatic carbocycles. The van der Waals surface area contributed by atoms with Gasteiger partial charge in [0, 0.05) is 0 Å². The highest BCUT2D eigenvalue weighted by Crippen LogP contribution is 2.19. The molecule has 0 aliphatic rings. The fourth-order valence-corrected chi connectivity index (χ4v) is 2.51. The lowest BCUT2D eigenvalue weighted by Crippen LogP contribution is -1.97. The van der Waals surface area contributed by atoms with Gasteiger partial charge in [-0.05, 0) is 59.9 Å². The zero-order chi connectivity index (χ0) is 18.8. The van der Waals surface area contributed by atoms with E-state index in [-0.39, 0.29) is 0 Å². The van der Waals surface area contributed by atoms with Gasteiger partial charge in [0.1, 0.15) is 0 Å². The number of hydrogen-bond donors (Lipinski definition) is 1.